The minimum atomic E-state index is -4.94. The number of benzene rings is 3. The molecule has 1 unspecified atom stereocenters. The Hall–Kier alpha value is -3.32. The number of nitrogens with two attached hydrogens (primary N) is 1. The van der Waals surface area contributed by atoms with Gasteiger partial charge in [-0.05, 0) is 47.5 Å². The van der Waals surface area contributed by atoms with Crippen molar-refractivity contribution < 1.29 is 18.3 Å². The normalized spacial score (nSPS) is 14.1. The van der Waals surface area contributed by atoms with E-state index in [1.54, 1.807) is 4.68 Å². The van der Waals surface area contributed by atoms with Gasteiger partial charge in [-0.3, -0.25) is 0 Å². The molecule has 142 valence electrons. The summed E-state index contributed by atoms with van der Waals surface area (Å²) in [5.74, 6) is 0. The summed E-state index contributed by atoms with van der Waals surface area (Å²) in [7, 11) is 0. The van der Waals surface area contributed by atoms with E-state index in [0.717, 1.165) is 11.8 Å². The molecule has 0 aliphatic heterocycles. The monoisotopic (exact) mass is 383 g/mol. The average molecular weight is 383 g/mol. The van der Waals surface area contributed by atoms with Crippen LogP contribution in [-0.4, -0.2) is 21.1 Å². The van der Waals surface area contributed by atoms with Crippen molar-refractivity contribution in [3.05, 3.63) is 90.1 Å². The third-order valence-corrected chi connectivity index (χ3v) is 4.70. The maximum atomic E-state index is 14.0. The lowest BCUT2D eigenvalue weighted by atomic mass is 9.85. The Labute approximate surface area is 158 Å². The highest BCUT2D eigenvalue weighted by Crippen LogP contribution is 2.45. The van der Waals surface area contributed by atoms with Gasteiger partial charge in [-0.1, -0.05) is 36.4 Å². The van der Waals surface area contributed by atoms with E-state index in [-0.39, 0.29) is 16.8 Å². The molecule has 0 amide bonds. The Balaban J connectivity index is 1.89. The minimum Gasteiger partial charge on any atom is -0.399 e. The van der Waals surface area contributed by atoms with Gasteiger partial charge in [0.2, 0.25) is 5.60 Å². The van der Waals surface area contributed by atoms with E-state index >= 15 is 0 Å². The van der Waals surface area contributed by atoms with Gasteiger partial charge in [-0.25, -0.2) is 4.68 Å². The van der Waals surface area contributed by atoms with Crippen LogP contribution in [0.4, 0.5) is 18.9 Å². The minimum absolute atomic E-state index is 0.137. The Morgan fingerprint density at radius 3 is 2.25 bits per heavy atom. The molecular formula is C21H16F3N3O. The number of rotatable bonds is 3. The van der Waals surface area contributed by atoms with Crippen molar-refractivity contribution in [2.24, 2.45) is 0 Å². The number of halogens is 3. The molecule has 0 radical (unpaired) electrons. The summed E-state index contributed by atoms with van der Waals surface area (Å²) in [4.78, 5) is 0. The number of hydrogen-bond donors (Lipinski definition) is 2. The van der Waals surface area contributed by atoms with E-state index in [2.05, 4.69) is 5.10 Å². The number of fused-ring (bicyclic) bond motifs is 1. The third kappa shape index (κ3) is 2.80. The van der Waals surface area contributed by atoms with Crippen LogP contribution in [0.25, 0.3) is 16.6 Å². The molecule has 0 saturated carbocycles. The van der Waals surface area contributed by atoms with Gasteiger partial charge in [0.15, 0.2) is 0 Å². The number of hydrogen-bond acceptors (Lipinski definition) is 3. The number of aromatic nitrogens is 2. The molecule has 1 heterocycles. The molecular weight excluding hydrogens is 367 g/mol. The summed E-state index contributed by atoms with van der Waals surface area (Å²) in [5, 5.41) is 15.5. The van der Waals surface area contributed by atoms with Crippen LogP contribution in [0.3, 0.4) is 0 Å². The first-order valence-electron chi connectivity index (χ1n) is 8.49. The second kappa shape index (κ2) is 6.38. The fourth-order valence-corrected chi connectivity index (χ4v) is 3.29. The lowest BCUT2D eigenvalue weighted by molar-refractivity contribution is -0.248. The van der Waals surface area contributed by atoms with Crippen molar-refractivity contribution in [1.29, 1.82) is 0 Å². The highest BCUT2D eigenvalue weighted by atomic mass is 19.4. The van der Waals surface area contributed by atoms with Crippen LogP contribution in [0.2, 0.25) is 0 Å². The molecule has 0 saturated heterocycles. The van der Waals surface area contributed by atoms with Crippen molar-refractivity contribution in [2.45, 2.75) is 11.8 Å². The zero-order chi connectivity index (χ0) is 19.9. The van der Waals surface area contributed by atoms with E-state index in [9.17, 15) is 18.3 Å². The van der Waals surface area contributed by atoms with Gasteiger partial charge in [0.05, 0.1) is 17.4 Å². The highest BCUT2D eigenvalue weighted by Gasteiger charge is 2.56. The predicted octanol–water partition coefficient (Wildman–Crippen LogP) is 4.41. The number of aliphatic hydroxyl groups is 1. The van der Waals surface area contributed by atoms with Crippen LogP contribution in [0, 0.1) is 0 Å². The van der Waals surface area contributed by atoms with Gasteiger partial charge in [-0.2, -0.15) is 18.3 Å². The molecule has 4 nitrogen and oxygen atoms in total. The third-order valence-electron chi connectivity index (χ3n) is 4.70. The lowest BCUT2D eigenvalue weighted by Crippen LogP contribution is -2.43. The molecule has 3 aromatic carbocycles. The first kappa shape index (κ1) is 18.1. The number of nitrogens with zero attached hydrogens (tertiary/aromatic N) is 2. The van der Waals surface area contributed by atoms with Gasteiger partial charge >= 0.3 is 6.18 Å². The van der Waals surface area contributed by atoms with E-state index < -0.39 is 11.8 Å². The van der Waals surface area contributed by atoms with Crippen molar-refractivity contribution in [3.8, 4) is 5.69 Å². The maximum Gasteiger partial charge on any atom is 0.425 e. The summed E-state index contributed by atoms with van der Waals surface area (Å²) < 4.78 is 43.5. The predicted molar refractivity (Wildman–Crippen MR) is 101 cm³/mol. The molecule has 0 spiro atoms. The highest BCUT2D eigenvalue weighted by molar-refractivity contribution is 5.81. The van der Waals surface area contributed by atoms with Gasteiger partial charge in [0.25, 0.3) is 0 Å². The van der Waals surface area contributed by atoms with Gasteiger partial charge in [-0.15, -0.1) is 0 Å². The first-order valence-corrected chi connectivity index (χ1v) is 8.49. The summed E-state index contributed by atoms with van der Waals surface area (Å²) in [6.07, 6.45) is -3.47. The quantitative estimate of drug-likeness (QED) is 0.515. The van der Waals surface area contributed by atoms with Crippen molar-refractivity contribution in [1.82, 2.24) is 9.78 Å². The zero-order valence-electron chi connectivity index (χ0n) is 14.6. The number of nitrogen functional groups attached to an aromatic ring is 1. The second-order valence-electron chi connectivity index (χ2n) is 6.50. The summed E-state index contributed by atoms with van der Waals surface area (Å²) in [5.41, 5.74) is 3.37. The SMILES string of the molecule is Nc1cccc(C(O)(c2ccc3c(cnn3-c3ccccc3)c2)C(F)(F)F)c1. The molecule has 0 bridgehead atoms. The Morgan fingerprint density at radius 1 is 0.857 bits per heavy atom. The molecule has 3 N–H and O–H groups in total. The Bertz CT molecular complexity index is 1140. The summed E-state index contributed by atoms with van der Waals surface area (Å²) in [6.45, 7) is 0. The molecule has 1 aromatic heterocycles. The van der Waals surface area contributed by atoms with Crippen molar-refractivity contribution in [3.63, 3.8) is 0 Å². The van der Waals surface area contributed by atoms with Crippen molar-refractivity contribution in [2.75, 3.05) is 5.73 Å². The number of alkyl halides is 3. The van der Waals surface area contributed by atoms with Gasteiger partial charge in [0, 0.05) is 11.1 Å². The standard InChI is InChI=1S/C21H16F3N3O/c22-21(23,24)20(28,15-5-4-6-17(25)12-15)16-9-10-19-14(11-16)13-26-27(19)18-7-2-1-3-8-18/h1-13,28H,25H2. The van der Waals surface area contributed by atoms with Crippen LogP contribution in [0.1, 0.15) is 11.1 Å². The van der Waals surface area contributed by atoms with Crippen LogP contribution in [0.5, 0.6) is 0 Å². The Kier molecular flexibility index (Phi) is 4.12. The maximum absolute atomic E-state index is 14.0. The van der Waals surface area contributed by atoms with Crippen LogP contribution < -0.4 is 5.73 Å². The second-order valence-corrected chi connectivity index (χ2v) is 6.50. The molecule has 0 aliphatic rings. The molecule has 0 aliphatic carbocycles. The van der Waals surface area contributed by atoms with Gasteiger partial charge < -0.3 is 10.8 Å². The molecule has 4 rings (SSSR count). The number of anilines is 1. The molecule has 1 atom stereocenters. The fourth-order valence-electron chi connectivity index (χ4n) is 3.29. The lowest BCUT2D eigenvalue weighted by Gasteiger charge is -2.31. The average Bonchev–Trinajstić information content (AvgIpc) is 3.10. The molecule has 4 aromatic rings. The smallest absolute Gasteiger partial charge is 0.399 e. The van der Waals surface area contributed by atoms with Crippen LogP contribution in [-0.2, 0) is 5.60 Å². The first-order chi connectivity index (χ1) is 13.3. The van der Waals surface area contributed by atoms with Crippen LogP contribution in [0.15, 0.2) is 79.0 Å². The Morgan fingerprint density at radius 2 is 1.57 bits per heavy atom. The molecule has 0 fully saturated rings. The molecule has 7 heteroatoms. The van der Waals surface area contributed by atoms with Crippen LogP contribution >= 0.6 is 0 Å². The van der Waals surface area contributed by atoms with Crippen molar-refractivity contribution >= 4 is 16.6 Å². The largest absolute Gasteiger partial charge is 0.425 e. The van der Waals surface area contributed by atoms with E-state index in [0.29, 0.717) is 10.9 Å². The fraction of sp³-hybridized carbons (Fsp3) is 0.0952. The molecule has 28 heavy (non-hydrogen) atoms. The summed E-state index contributed by atoms with van der Waals surface area (Å²) in [6, 6.07) is 18.5. The number of para-hydroxylation sites is 1. The van der Waals surface area contributed by atoms with E-state index in [4.69, 9.17) is 5.73 Å². The zero-order valence-corrected chi connectivity index (χ0v) is 14.6. The van der Waals surface area contributed by atoms with E-state index in [1.807, 2.05) is 30.3 Å². The summed E-state index contributed by atoms with van der Waals surface area (Å²) >= 11 is 0. The topological polar surface area (TPSA) is 64.1 Å². The van der Waals surface area contributed by atoms with E-state index in [1.165, 1.54) is 42.6 Å². The van der Waals surface area contributed by atoms with Gasteiger partial charge in [0.1, 0.15) is 0 Å².